The quantitative estimate of drug-likeness (QED) is 0.599. The Labute approximate surface area is 126 Å². The van der Waals surface area contributed by atoms with E-state index in [2.05, 4.69) is 17.8 Å². The van der Waals surface area contributed by atoms with E-state index in [1.807, 2.05) is 31.2 Å². The highest BCUT2D eigenvalue weighted by molar-refractivity contribution is 5.84. The molecule has 5 nitrogen and oxygen atoms in total. The van der Waals surface area contributed by atoms with Crippen LogP contribution in [0.3, 0.4) is 0 Å². The first kappa shape index (κ1) is 17.0. The molecule has 116 valence electrons. The maximum Gasteiger partial charge on any atom is 0.279 e. The van der Waals surface area contributed by atoms with Crippen LogP contribution in [0.15, 0.2) is 24.3 Å². The van der Waals surface area contributed by atoms with Gasteiger partial charge in [-0.3, -0.25) is 20.4 Å². The van der Waals surface area contributed by atoms with E-state index < -0.39 is 6.10 Å². The van der Waals surface area contributed by atoms with Gasteiger partial charge in [-0.2, -0.15) is 0 Å². The van der Waals surface area contributed by atoms with Crippen LogP contribution >= 0.6 is 0 Å². The second kappa shape index (κ2) is 9.00. The fourth-order valence-electron chi connectivity index (χ4n) is 1.76. The highest BCUT2D eigenvalue weighted by Crippen LogP contribution is 2.17. The van der Waals surface area contributed by atoms with E-state index in [0.717, 1.165) is 24.8 Å². The summed E-state index contributed by atoms with van der Waals surface area (Å²) in [5.74, 6) is 0.108. The molecule has 5 heteroatoms. The molecule has 0 fully saturated rings. The standard InChI is InChI=1S/C16H24N2O3/c1-4-5-6-11-15(19)17-18-16(20)13(3)21-14-10-8-7-9-12(14)2/h7-10,13H,4-6,11H2,1-3H3,(H,17,19)(H,18,20). The number of ether oxygens (including phenoxy) is 1. The van der Waals surface area contributed by atoms with Crippen LogP contribution in [0, 0.1) is 6.92 Å². The lowest BCUT2D eigenvalue weighted by Gasteiger charge is -2.16. The summed E-state index contributed by atoms with van der Waals surface area (Å²) in [6.45, 7) is 5.63. The number of unbranched alkanes of at least 4 members (excludes halogenated alkanes) is 2. The third-order valence-corrected chi connectivity index (χ3v) is 3.10. The predicted molar refractivity (Wildman–Crippen MR) is 81.7 cm³/mol. The highest BCUT2D eigenvalue weighted by Gasteiger charge is 2.15. The average molecular weight is 292 g/mol. The Morgan fingerprint density at radius 2 is 1.90 bits per heavy atom. The molecule has 1 aromatic rings. The normalized spacial score (nSPS) is 11.6. The van der Waals surface area contributed by atoms with Gasteiger partial charge in [-0.05, 0) is 31.9 Å². The van der Waals surface area contributed by atoms with Crippen molar-refractivity contribution in [2.75, 3.05) is 0 Å². The van der Waals surface area contributed by atoms with Crippen molar-refractivity contribution >= 4 is 11.8 Å². The lowest BCUT2D eigenvalue weighted by Crippen LogP contribution is -2.47. The SMILES string of the molecule is CCCCCC(=O)NNC(=O)C(C)Oc1ccccc1C. The van der Waals surface area contributed by atoms with Gasteiger partial charge in [0.25, 0.3) is 5.91 Å². The third-order valence-electron chi connectivity index (χ3n) is 3.10. The minimum Gasteiger partial charge on any atom is -0.481 e. The zero-order valence-electron chi connectivity index (χ0n) is 12.9. The number of para-hydroxylation sites is 1. The number of carbonyl (C=O) groups excluding carboxylic acids is 2. The van der Waals surface area contributed by atoms with Crippen molar-refractivity contribution in [2.24, 2.45) is 0 Å². The Bertz CT molecular complexity index is 474. The molecular weight excluding hydrogens is 268 g/mol. The van der Waals surface area contributed by atoms with E-state index in [1.54, 1.807) is 6.92 Å². The summed E-state index contributed by atoms with van der Waals surface area (Å²) in [5.41, 5.74) is 5.75. The summed E-state index contributed by atoms with van der Waals surface area (Å²) < 4.78 is 5.57. The van der Waals surface area contributed by atoms with E-state index in [0.29, 0.717) is 12.2 Å². The number of nitrogens with one attached hydrogen (secondary N) is 2. The molecule has 2 N–H and O–H groups in total. The van der Waals surface area contributed by atoms with Crippen molar-refractivity contribution < 1.29 is 14.3 Å². The Hall–Kier alpha value is -2.04. The van der Waals surface area contributed by atoms with Crippen LogP contribution in [0.4, 0.5) is 0 Å². The molecule has 1 aromatic carbocycles. The van der Waals surface area contributed by atoms with Crippen LogP contribution in [0.25, 0.3) is 0 Å². The minimum atomic E-state index is -0.679. The minimum absolute atomic E-state index is 0.181. The Morgan fingerprint density at radius 1 is 1.19 bits per heavy atom. The van der Waals surface area contributed by atoms with Gasteiger partial charge in [-0.15, -0.1) is 0 Å². The first-order valence-electron chi connectivity index (χ1n) is 7.35. The van der Waals surface area contributed by atoms with Gasteiger partial charge in [0.15, 0.2) is 6.10 Å². The summed E-state index contributed by atoms with van der Waals surface area (Å²) in [7, 11) is 0. The van der Waals surface area contributed by atoms with Gasteiger partial charge in [0, 0.05) is 6.42 Å². The van der Waals surface area contributed by atoms with Crippen LogP contribution in [0.1, 0.15) is 45.1 Å². The van der Waals surface area contributed by atoms with Crippen LogP contribution in [-0.2, 0) is 9.59 Å². The molecule has 0 aliphatic rings. The van der Waals surface area contributed by atoms with E-state index >= 15 is 0 Å². The van der Waals surface area contributed by atoms with E-state index in [-0.39, 0.29) is 11.8 Å². The second-order valence-electron chi connectivity index (χ2n) is 5.02. The third kappa shape index (κ3) is 6.29. The molecule has 1 rings (SSSR count). The molecule has 0 aliphatic carbocycles. The van der Waals surface area contributed by atoms with Crippen molar-refractivity contribution in [3.8, 4) is 5.75 Å². The number of amides is 2. The first-order valence-corrected chi connectivity index (χ1v) is 7.35. The molecule has 0 radical (unpaired) electrons. The number of carbonyl (C=O) groups is 2. The maximum absolute atomic E-state index is 11.8. The van der Waals surface area contributed by atoms with E-state index in [9.17, 15) is 9.59 Å². The molecule has 0 aliphatic heterocycles. The van der Waals surface area contributed by atoms with Gasteiger partial charge in [0.05, 0.1) is 0 Å². The number of aryl methyl sites for hydroxylation is 1. The molecule has 0 saturated carbocycles. The molecule has 0 saturated heterocycles. The van der Waals surface area contributed by atoms with Crippen molar-refractivity contribution in [3.63, 3.8) is 0 Å². The number of hydrazine groups is 1. The van der Waals surface area contributed by atoms with Gasteiger partial charge < -0.3 is 4.74 Å². The van der Waals surface area contributed by atoms with E-state index in [1.165, 1.54) is 0 Å². The first-order chi connectivity index (χ1) is 10.0. The zero-order chi connectivity index (χ0) is 15.7. The summed E-state index contributed by atoms with van der Waals surface area (Å²) in [6.07, 6.45) is 2.63. The Kier molecular flexibility index (Phi) is 7.29. The van der Waals surface area contributed by atoms with Gasteiger partial charge in [0.2, 0.25) is 5.91 Å². The lowest BCUT2D eigenvalue weighted by atomic mass is 10.2. The van der Waals surface area contributed by atoms with Gasteiger partial charge in [0.1, 0.15) is 5.75 Å². The van der Waals surface area contributed by atoms with Crippen LogP contribution in [0.2, 0.25) is 0 Å². The number of hydrogen-bond acceptors (Lipinski definition) is 3. The van der Waals surface area contributed by atoms with Crippen molar-refractivity contribution in [2.45, 2.75) is 52.6 Å². The highest BCUT2D eigenvalue weighted by atomic mass is 16.5. The second-order valence-corrected chi connectivity index (χ2v) is 5.02. The monoisotopic (exact) mass is 292 g/mol. The lowest BCUT2D eigenvalue weighted by molar-refractivity contribution is -0.132. The smallest absolute Gasteiger partial charge is 0.279 e. The summed E-state index contributed by atoms with van der Waals surface area (Å²) in [4.78, 5) is 23.3. The van der Waals surface area contributed by atoms with Crippen molar-refractivity contribution in [1.29, 1.82) is 0 Å². The van der Waals surface area contributed by atoms with Crippen LogP contribution in [0.5, 0.6) is 5.75 Å². The van der Waals surface area contributed by atoms with Gasteiger partial charge in [-0.1, -0.05) is 38.0 Å². The Balaban J connectivity index is 2.34. The van der Waals surface area contributed by atoms with Crippen LogP contribution < -0.4 is 15.6 Å². The molecule has 2 amide bonds. The molecule has 0 heterocycles. The molecule has 0 bridgehead atoms. The van der Waals surface area contributed by atoms with Crippen molar-refractivity contribution in [1.82, 2.24) is 10.9 Å². The van der Waals surface area contributed by atoms with E-state index in [4.69, 9.17) is 4.74 Å². The van der Waals surface area contributed by atoms with Gasteiger partial charge in [-0.25, -0.2) is 0 Å². The summed E-state index contributed by atoms with van der Waals surface area (Å²) in [6, 6.07) is 7.48. The fourth-order valence-corrected chi connectivity index (χ4v) is 1.76. The molecule has 1 unspecified atom stereocenters. The summed E-state index contributed by atoms with van der Waals surface area (Å²) in [5, 5.41) is 0. The molecule has 1 atom stereocenters. The molecule has 0 aromatic heterocycles. The molecule has 0 spiro atoms. The fraction of sp³-hybridized carbons (Fsp3) is 0.500. The van der Waals surface area contributed by atoms with Gasteiger partial charge >= 0.3 is 0 Å². The maximum atomic E-state index is 11.8. The summed E-state index contributed by atoms with van der Waals surface area (Å²) >= 11 is 0. The number of rotatable bonds is 7. The number of benzene rings is 1. The largest absolute Gasteiger partial charge is 0.481 e. The zero-order valence-corrected chi connectivity index (χ0v) is 12.9. The van der Waals surface area contributed by atoms with Crippen molar-refractivity contribution in [3.05, 3.63) is 29.8 Å². The van der Waals surface area contributed by atoms with Crippen LogP contribution in [-0.4, -0.2) is 17.9 Å². The molecule has 21 heavy (non-hydrogen) atoms. The molecular formula is C16H24N2O3. The topological polar surface area (TPSA) is 67.4 Å². The average Bonchev–Trinajstić information content (AvgIpc) is 2.47. The predicted octanol–water partition coefficient (Wildman–Crippen LogP) is 2.49. The number of hydrogen-bond donors (Lipinski definition) is 2. The Morgan fingerprint density at radius 3 is 2.57 bits per heavy atom.